The Morgan fingerprint density at radius 2 is 2.18 bits per heavy atom. The fourth-order valence-electron chi connectivity index (χ4n) is 1.70. The summed E-state index contributed by atoms with van der Waals surface area (Å²) in [5.74, 6) is 0.176. The van der Waals surface area contributed by atoms with E-state index in [9.17, 15) is 5.11 Å². The molecule has 2 aromatic heterocycles. The number of fused-ring (bicyclic) bond motifs is 1. The molecule has 0 saturated carbocycles. The molecule has 0 radical (unpaired) electrons. The van der Waals surface area contributed by atoms with Gasteiger partial charge in [0.05, 0.1) is 12.5 Å². The molecule has 0 aliphatic rings. The molecule has 17 heavy (non-hydrogen) atoms. The molecule has 0 aromatic carbocycles. The van der Waals surface area contributed by atoms with Crippen molar-refractivity contribution in [2.75, 3.05) is 18.9 Å². The van der Waals surface area contributed by atoms with Crippen molar-refractivity contribution in [2.45, 2.75) is 13.0 Å². The summed E-state index contributed by atoms with van der Waals surface area (Å²) in [6, 6.07) is 0. The molecule has 2 rings (SSSR count). The molecule has 0 bridgehead atoms. The fraction of sp³-hybridized carbons (Fsp3) is 0.500. The lowest BCUT2D eigenvalue weighted by Crippen LogP contribution is -2.16. The number of anilines is 1. The van der Waals surface area contributed by atoms with Crippen LogP contribution >= 0.6 is 0 Å². The molecule has 0 spiro atoms. The number of nitrogen functional groups attached to an aromatic ring is 1. The van der Waals surface area contributed by atoms with Gasteiger partial charge in [-0.2, -0.15) is 4.98 Å². The van der Waals surface area contributed by atoms with E-state index in [4.69, 9.17) is 10.8 Å². The molecular formula is C10H15N5O2. The van der Waals surface area contributed by atoms with Crippen molar-refractivity contribution in [3.8, 4) is 0 Å². The van der Waals surface area contributed by atoms with Crippen LogP contribution in [0, 0.1) is 5.92 Å². The normalized spacial score (nSPS) is 13.1. The molecule has 7 heteroatoms. The largest absolute Gasteiger partial charge is 0.396 e. The Kier molecular flexibility index (Phi) is 3.50. The molecule has 7 nitrogen and oxygen atoms in total. The topological polar surface area (TPSA) is 110 Å². The third-order valence-corrected chi connectivity index (χ3v) is 2.63. The van der Waals surface area contributed by atoms with Gasteiger partial charge in [-0.3, -0.25) is 0 Å². The van der Waals surface area contributed by atoms with Gasteiger partial charge in [-0.05, 0) is 6.42 Å². The third kappa shape index (κ3) is 2.51. The summed E-state index contributed by atoms with van der Waals surface area (Å²) in [6.07, 6.45) is 3.74. The van der Waals surface area contributed by atoms with Gasteiger partial charge >= 0.3 is 0 Å². The Morgan fingerprint density at radius 3 is 2.88 bits per heavy atom. The van der Waals surface area contributed by atoms with E-state index in [-0.39, 0.29) is 25.1 Å². The monoisotopic (exact) mass is 237 g/mol. The number of nitrogens with two attached hydrogens (primary N) is 1. The summed E-state index contributed by atoms with van der Waals surface area (Å²) in [5.41, 5.74) is 6.83. The Bertz CT molecular complexity index is 498. The van der Waals surface area contributed by atoms with Gasteiger partial charge in [0.25, 0.3) is 0 Å². The van der Waals surface area contributed by atoms with E-state index in [1.54, 1.807) is 12.5 Å². The minimum absolute atomic E-state index is 0.0147. The van der Waals surface area contributed by atoms with Crippen molar-refractivity contribution in [1.29, 1.82) is 0 Å². The minimum Gasteiger partial charge on any atom is -0.396 e. The van der Waals surface area contributed by atoms with Crippen LogP contribution in [-0.4, -0.2) is 42.9 Å². The molecule has 4 N–H and O–H groups in total. The molecule has 2 heterocycles. The molecule has 1 atom stereocenters. The van der Waals surface area contributed by atoms with Crippen molar-refractivity contribution in [1.82, 2.24) is 19.5 Å². The number of imidazole rings is 1. The maximum Gasteiger partial charge on any atom is 0.222 e. The predicted octanol–water partition coefficient (Wildman–Crippen LogP) is -0.601. The van der Waals surface area contributed by atoms with E-state index in [1.807, 2.05) is 4.57 Å². The first-order valence-electron chi connectivity index (χ1n) is 5.39. The van der Waals surface area contributed by atoms with Crippen molar-refractivity contribution >= 4 is 17.1 Å². The van der Waals surface area contributed by atoms with Crippen LogP contribution in [0.1, 0.15) is 6.42 Å². The zero-order chi connectivity index (χ0) is 12.3. The van der Waals surface area contributed by atoms with E-state index >= 15 is 0 Å². The van der Waals surface area contributed by atoms with Gasteiger partial charge in [-0.25, -0.2) is 9.97 Å². The number of aliphatic hydroxyl groups excluding tert-OH is 2. The highest BCUT2D eigenvalue weighted by atomic mass is 16.3. The van der Waals surface area contributed by atoms with E-state index in [0.29, 0.717) is 24.1 Å². The zero-order valence-corrected chi connectivity index (χ0v) is 9.32. The van der Waals surface area contributed by atoms with Crippen LogP contribution in [0.2, 0.25) is 0 Å². The molecule has 0 aliphatic heterocycles. The average molecular weight is 237 g/mol. The van der Waals surface area contributed by atoms with Gasteiger partial charge in [-0.15, -0.1) is 0 Å². The fourth-order valence-corrected chi connectivity index (χ4v) is 1.70. The van der Waals surface area contributed by atoms with Crippen LogP contribution in [0.15, 0.2) is 12.5 Å². The molecule has 0 aliphatic carbocycles. The van der Waals surface area contributed by atoms with Crippen LogP contribution in [0.3, 0.4) is 0 Å². The Balaban J connectivity index is 2.26. The van der Waals surface area contributed by atoms with Crippen LogP contribution in [0.25, 0.3) is 11.2 Å². The first-order valence-corrected chi connectivity index (χ1v) is 5.39. The number of nitrogens with zero attached hydrogens (tertiary/aromatic N) is 4. The van der Waals surface area contributed by atoms with E-state index in [1.165, 1.54) is 0 Å². The second kappa shape index (κ2) is 5.07. The SMILES string of the molecule is Nc1ncc2ncn(C[C@H](CO)CCO)c2n1. The van der Waals surface area contributed by atoms with Crippen LogP contribution < -0.4 is 5.73 Å². The van der Waals surface area contributed by atoms with Crippen LogP contribution in [0.5, 0.6) is 0 Å². The summed E-state index contributed by atoms with van der Waals surface area (Å²) < 4.78 is 1.81. The van der Waals surface area contributed by atoms with Crippen molar-refractivity contribution < 1.29 is 10.2 Å². The number of hydrogen-bond acceptors (Lipinski definition) is 6. The van der Waals surface area contributed by atoms with Gasteiger partial charge in [0.2, 0.25) is 5.95 Å². The van der Waals surface area contributed by atoms with E-state index in [2.05, 4.69) is 15.0 Å². The second-order valence-electron chi connectivity index (χ2n) is 3.89. The van der Waals surface area contributed by atoms with Gasteiger partial charge in [0.15, 0.2) is 5.65 Å². The van der Waals surface area contributed by atoms with Crippen molar-refractivity contribution in [2.24, 2.45) is 5.92 Å². The maximum atomic E-state index is 9.18. The lowest BCUT2D eigenvalue weighted by Gasteiger charge is -2.13. The lowest BCUT2D eigenvalue weighted by molar-refractivity contribution is 0.171. The molecule has 2 aromatic rings. The molecule has 0 fully saturated rings. The Hall–Kier alpha value is -1.73. The molecule has 92 valence electrons. The molecular weight excluding hydrogens is 222 g/mol. The van der Waals surface area contributed by atoms with Gasteiger partial charge < -0.3 is 20.5 Å². The Labute approximate surface area is 97.9 Å². The highest BCUT2D eigenvalue weighted by molar-refractivity contribution is 5.70. The molecule has 0 unspecified atom stereocenters. The molecule has 0 amide bonds. The quantitative estimate of drug-likeness (QED) is 0.640. The Morgan fingerprint density at radius 1 is 1.35 bits per heavy atom. The summed E-state index contributed by atoms with van der Waals surface area (Å²) in [5, 5.41) is 18.1. The van der Waals surface area contributed by atoms with Crippen molar-refractivity contribution in [3.05, 3.63) is 12.5 Å². The summed E-state index contributed by atoms with van der Waals surface area (Å²) in [6.45, 7) is 0.611. The van der Waals surface area contributed by atoms with Crippen molar-refractivity contribution in [3.63, 3.8) is 0 Å². The first kappa shape index (κ1) is 11.7. The summed E-state index contributed by atoms with van der Waals surface area (Å²) >= 11 is 0. The average Bonchev–Trinajstić information content (AvgIpc) is 2.71. The zero-order valence-electron chi connectivity index (χ0n) is 9.32. The third-order valence-electron chi connectivity index (χ3n) is 2.63. The number of hydrogen-bond donors (Lipinski definition) is 3. The van der Waals surface area contributed by atoms with Gasteiger partial charge in [0.1, 0.15) is 5.52 Å². The smallest absolute Gasteiger partial charge is 0.222 e. The summed E-state index contributed by atoms with van der Waals surface area (Å²) in [7, 11) is 0. The van der Waals surface area contributed by atoms with E-state index < -0.39 is 0 Å². The highest BCUT2D eigenvalue weighted by Crippen LogP contribution is 2.13. The summed E-state index contributed by atoms with van der Waals surface area (Å²) in [4.78, 5) is 12.1. The minimum atomic E-state index is -0.0198. The predicted molar refractivity (Wildman–Crippen MR) is 62.0 cm³/mol. The second-order valence-corrected chi connectivity index (χ2v) is 3.89. The standard InChI is InChI=1S/C10H15N5O2/c11-10-12-3-8-9(14-10)15(6-13-8)4-7(5-17)1-2-16/h3,6-7,16-17H,1-2,4-5H2,(H2,11,12,14)/t7-/m1/s1. The first-order chi connectivity index (χ1) is 8.24. The maximum absolute atomic E-state index is 9.18. The number of aromatic nitrogens is 4. The van der Waals surface area contributed by atoms with Gasteiger partial charge in [0, 0.05) is 25.7 Å². The van der Waals surface area contributed by atoms with E-state index in [0.717, 1.165) is 0 Å². The lowest BCUT2D eigenvalue weighted by atomic mass is 10.1. The number of aliphatic hydroxyl groups is 2. The van der Waals surface area contributed by atoms with Gasteiger partial charge in [-0.1, -0.05) is 0 Å². The molecule has 0 saturated heterocycles. The van der Waals surface area contributed by atoms with Crippen LogP contribution in [0.4, 0.5) is 5.95 Å². The number of rotatable bonds is 5. The highest BCUT2D eigenvalue weighted by Gasteiger charge is 2.11. The van der Waals surface area contributed by atoms with Crippen LogP contribution in [-0.2, 0) is 6.54 Å².